The van der Waals surface area contributed by atoms with Gasteiger partial charge in [-0.3, -0.25) is 9.59 Å². The van der Waals surface area contributed by atoms with Gasteiger partial charge in [-0.15, -0.1) is 0 Å². The molecule has 0 unspecified atom stereocenters. The molecule has 0 spiro atoms. The maximum Gasteiger partial charge on any atom is 0.224 e. The lowest BCUT2D eigenvalue weighted by Crippen LogP contribution is -2.15. The second kappa shape index (κ2) is 17.5. The molecule has 0 aliphatic rings. The predicted octanol–water partition coefficient (Wildman–Crippen LogP) is 5.69. The van der Waals surface area contributed by atoms with Crippen molar-refractivity contribution in [2.45, 2.75) is 116 Å². The Hall–Kier alpha value is -0.860. The van der Waals surface area contributed by atoms with Gasteiger partial charge < -0.3 is 5.73 Å². The molecule has 0 aliphatic carbocycles. The first-order valence-corrected chi connectivity index (χ1v) is 9.96. The van der Waals surface area contributed by atoms with Crippen molar-refractivity contribution >= 4 is 11.7 Å². The molecule has 0 aliphatic heterocycles. The largest absolute Gasteiger partial charge is 0.369 e. The number of nitrogens with two attached hydrogens (primary N) is 1. The van der Waals surface area contributed by atoms with Gasteiger partial charge in [0, 0.05) is 6.42 Å². The Balaban J connectivity index is 3.08. The molecule has 0 fully saturated rings. The summed E-state index contributed by atoms with van der Waals surface area (Å²) in [5, 5.41) is 0. The van der Waals surface area contributed by atoms with E-state index in [9.17, 15) is 9.59 Å². The highest BCUT2D eigenvalue weighted by atomic mass is 16.2. The molecule has 2 N–H and O–H groups in total. The number of ketones is 1. The number of carbonyl (C=O) groups excluding carboxylic acids is 2. The maximum absolute atomic E-state index is 11.3. The third-order valence-corrected chi connectivity index (χ3v) is 4.43. The summed E-state index contributed by atoms with van der Waals surface area (Å²) >= 11 is 0. The van der Waals surface area contributed by atoms with Crippen molar-refractivity contribution in [1.29, 1.82) is 0 Å². The molecular weight excluding hydrogens is 286 g/mol. The number of primary amides is 1. The summed E-state index contributed by atoms with van der Waals surface area (Å²) in [4.78, 5) is 21.9. The Morgan fingerprint density at radius 3 is 1.30 bits per heavy atom. The van der Waals surface area contributed by atoms with Crippen LogP contribution in [0.4, 0.5) is 0 Å². The third-order valence-electron chi connectivity index (χ3n) is 4.43. The highest BCUT2D eigenvalue weighted by Crippen LogP contribution is 2.13. The van der Waals surface area contributed by atoms with Gasteiger partial charge in [0.1, 0.15) is 5.78 Å². The van der Waals surface area contributed by atoms with Crippen molar-refractivity contribution in [3.05, 3.63) is 0 Å². The lowest BCUT2D eigenvalue weighted by atomic mass is 10.0. The summed E-state index contributed by atoms with van der Waals surface area (Å²) in [6.45, 7) is 2.27. The van der Waals surface area contributed by atoms with Crippen molar-refractivity contribution in [2.75, 3.05) is 0 Å². The van der Waals surface area contributed by atoms with Crippen LogP contribution in [0, 0.1) is 0 Å². The monoisotopic (exact) mass is 325 g/mol. The molecule has 3 heteroatoms. The van der Waals surface area contributed by atoms with Crippen molar-refractivity contribution in [1.82, 2.24) is 0 Å². The Morgan fingerprint density at radius 2 is 0.957 bits per heavy atom. The van der Waals surface area contributed by atoms with E-state index in [1.54, 1.807) is 0 Å². The summed E-state index contributed by atoms with van der Waals surface area (Å²) in [5.74, 6) is -0.511. The minimum Gasteiger partial charge on any atom is -0.369 e. The average molecular weight is 326 g/mol. The zero-order valence-electron chi connectivity index (χ0n) is 15.4. The summed E-state index contributed by atoms with van der Waals surface area (Å²) in [5.41, 5.74) is 4.99. The fraction of sp³-hybridized carbons (Fsp3) is 0.900. The number of rotatable bonds is 18. The molecule has 0 radical (unpaired) electrons. The van der Waals surface area contributed by atoms with Gasteiger partial charge in [0.15, 0.2) is 0 Å². The molecule has 0 saturated carbocycles. The van der Waals surface area contributed by atoms with Crippen LogP contribution in [0.1, 0.15) is 116 Å². The van der Waals surface area contributed by atoms with E-state index < -0.39 is 5.91 Å². The molecule has 0 atom stereocenters. The van der Waals surface area contributed by atoms with Gasteiger partial charge in [-0.2, -0.15) is 0 Å². The minimum atomic E-state index is -0.504. The highest BCUT2D eigenvalue weighted by Gasteiger charge is 2.05. The molecule has 0 aromatic rings. The summed E-state index contributed by atoms with van der Waals surface area (Å²) in [7, 11) is 0. The van der Waals surface area contributed by atoms with Gasteiger partial charge in [0.2, 0.25) is 5.91 Å². The highest BCUT2D eigenvalue weighted by molar-refractivity contribution is 5.97. The normalized spacial score (nSPS) is 10.8. The van der Waals surface area contributed by atoms with Crippen LogP contribution in [-0.2, 0) is 9.59 Å². The van der Waals surface area contributed by atoms with Crippen molar-refractivity contribution in [2.24, 2.45) is 5.73 Å². The van der Waals surface area contributed by atoms with E-state index in [-0.39, 0.29) is 12.2 Å². The smallest absolute Gasteiger partial charge is 0.224 e. The van der Waals surface area contributed by atoms with Crippen LogP contribution in [0.2, 0.25) is 0 Å². The Bertz CT molecular complexity index is 289. The molecule has 0 heterocycles. The lowest BCUT2D eigenvalue weighted by Gasteiger charge is -2.03. The van der Waals surface area contributed by atoms with Gasteiger partial charge in [-0.05, 0) is 6.42 Å². The zero-order chi connectivity index (χ0) is 17.2. The van der Waals surface area contributed by atoms with Crippen molar-refractivity contribution < 1.29 is 9.59 Å². The molecule has 1 amide bonds. The van der Waals surface area contributed by atoms with Gasteiger partial charge >= 0.3 is 0 Å². The number of hydrogen-bond donors (Lipinski definition) is 1. The fourth-order valence-electron chi connectivity index (χ4n) is 2.98. The lowest BCUT2D eigenvalue weighted by molar-refractivity contribution is -0.126. The van der Waals surface area contributed by atoms with Crippen LogP contribution in [0.5, 0.6) is 0 Å². The van der Waals surface area contributed by atoms with E-state index in [0.717, 1.165) is 12.8 Å². The Labute approximate surface area is 143 Å². The van der Waals surface area contributed by atoms with E-state index in [1.807, 2.05) is 0 Å². The van der Waals surface area contributed by atoms with Crippen LogP contribution in [-0.4, -0.2) is 11.7 Å². The van der Waals surface area contributed by atoms with Gasteiger partial charge in [0.05, 0.1) is 6.42 Å². The van der Waals surface area contributed by atoms with Crippen LogP contribution in [0.3, 0.4) is 0 Å². The number of hydrogen-bond acceptors (Lipinski definition) is 2. The first-order chi connectivity index (χ1) is 11.2. The Morgan fingerprint density at radius 1 is 0.609 bits per heavy atom. The SMILES string of the molecule is CCCCCCCCCCCCCCCCCC(=O)CC(N)=O. The first kappa shape index (κ1) is 22.1. The van der Waals surface area contributed by atoms with Crippen LogP contribution in [0.25, 0.3) is 0 Å². The maximum atomic E-state index is 11.3. The molecule has 23 heavy (non-hydrogen) atoms. The van der Waals surface area contributed by atoms with E-state index in [2.05, 4.69) is 6.92 Å². The molecule has 3 nitrogen and oxygen atoms in total. The van der Waals surface area contributed by atoms with Gasteiger partial charge in [-0.1, -0.05) is 96.8 Å². The van der Waals surface area contributed by atoms with Crippen LogP contribution < -0.4 is 5.73 Å². The molecule has 0 bridgehead atoms. The number of unbranched alkanes of at least 4 members (excludes halogenated alkanes) is 14. The minimum absolute atomic E-state index is 0.00723. The Kier molecular flexibility index (Phi) is 16.8. The number of amides is 1. The molecular formula is C20H39NO2. The average Bonchev–Trinajstić information content (AvgIpc) is 2.50. The van der Waals surface area contributed by atoms with Crippen molar-refractivity contribution in [3.63, 3.8) is 0 Å². The molecule has 0 aromatic heterocycles. The van der Waals surface area contributed by atoms with Crippen molar-refractivity contribution in [3.8, 4) is 0 Å². The second-order valence-corrected chi connectivity index (χ2v) is 6.88. The quantitative estimate of drug-likeness (QED) is 0.260. The summed E-state index contributed by atoms with van der Waals surface area (Å²) < 4.78 is 0. The van der Waals surface area contributed by atoms with E-state index in [1.165, 1.54) is 83.5 Å². The molecule has 0 rings (SSSR count). The molecule has 0 aromatic carbocycles. The first-order valence-electron chi connectivity index (χ1n) is 9.96. The molecule has 0 saturated heterocycles. The van der Waals surface area contributed by atoms with E-state index in [4.69, 9.17) is 5.73 Å². The topological polar surface area (TPSA) is 60.2 Å². The van der Waals surface area contributed by atoms with Gasteiger partial charge in [0.25, 0.3) is 0 Å². The standard InChI is InChI=1S/C20H39NO2/c1-2-3-4-5-6-7-8-9-10-11-12-13-14-15-16-17-19(22)18-20(21)23/h2-18H2,1H3,(H2,21,23). The number of Topliss-reactive ketones (excluding diaryl/α,β-unsaturated/α-hetero) is 1. The zero-order valence-corrected chi connectivity index (χ0v) is 15.4. The third kappa shape index (κ3) is 19.1. The molecule has 136 valence electrons. The van der Waals surface area contributed by atoms with E-state index >= 15 is 0 Å². The van der Waals surface area contributed by atoms with E-state index in [0.29, 0.717) is 6.42 Å². The van der Waals surface area contributed by atoms with Gasteiger partial charge in [-0.25, -0.2) is 0 Å². The number of carbonyl (C=O) groups is 2. The predicted molar refractivity (Wildman–Crippen MR) is 98.4 cm³/mol. The second-order valence-electron chi connectivity index (χ2n) is 6.88. The van der Waals surface area contributed by atoms with Crippen LogP contribution in [0.15, 0.2) is 0 Å². The van der Waals surface area contributed by atoms with Crippen LogP contribution >= 0.6 is 0 Å². The fourth-order valence-corrected chi connectivity index (χ4v) is 2.98. The summed E-state index contributed by atoms with van der Waals surface area (Å²) in [6, 6.07) is 0. The summed E-state index contributed by atoms with van der Waals surface area (Å²) in [6.07, 6.45) is 20.2.